The number of nitrogens with one attached hydrogen (secondary N) is 1. The average molecular weight is 456 g/mol. The van der Waals surface area contributed by atoms with Gasteiger partial charge in [-0.05, 0) is 41.3 Å². The Labute approximate surface area is 185 Å². The predicted octanol–water partition coefficient (Wildman–Crippen LogP) is 4.38. The van der Waals surface area contributed by atoms with Gasteiger partial charge in [-0.15, -0.1) is 11.3 Å². The van der Waals surface area contributed by atoms with E-state index in [0.29, 0.717) is 26.8 Å². The number of methoxy groups -OCH3 is 1. The molecule has 0 atom stereocenters. The lowest BCUT2D eigenvalue weighted by Crippen LogP contribution is -2.24. The molecule has 0 aliphatic rings. The van der Waals surface area contributed by atoms with Crippen molar-refractivity contribution in [3.63, 3.8) is 0 Å². The molecule has 0 saturated heterocycles. The molecule has 9 heteroatoms. The number of ether oxygens (including phenoxy) is 1. The van der Waals surface area contributed by atoms with Crippen LogP contribution < -0.4 is 15.6 Å². The van der Waals surface area contributed by atoms with Crippen molar-refractivity contribution >= 4 is 44.9 Å². The second-order valence-corrected chi connectivity index (χ2v) is 8.44. The molecule has 2 aromatic heterocycles. The highest BCUT2D eigenvalue weighted by Crippen LogP contribution is 2.25. The van der Waals surface area contributed by atoms with Crippen LogP contribution in [-0.4, -0.2) is 28.3 Å². The molecular formula is C22H18FN3O3S2. The van der Waals surface area contributed by atoms with Gasteiger partial charge in [-0.2, -0.15) is 0 Å². The molecule has 31 heavy (non-hydrogen) atoms. The third-order valence-corrected chi connectivity index (χ3v) is 6.37. The number of halogens is 1. The van der Waals surface area contributed by atoms with Crippen molar-refractivity contribution < 1.29 is 13.9 Å². The molecule has 0 saturated carbocycles. The number of hydrogen-bond donors (Lipinski definition) is 1. The summed E-state index contributed by atoms with van der Waals surface area (Å²) in [4.78, 5) is 30.1. The Balaban J connectivity index is 1.58. The largest absolute Gasteiger partial charge is 0.495 e. The number of amides is 1. The van der Waals surface area contributed by atoms with Gasteiger partial charge in [-0.1, -0.05) is 36.0 Å². The second-order valence-electron chi connectivity index (χ2n) is 6.58. The maximum atomic E-state index is 13.3. The SMILES string of the molecule is COc1ccccc1NC(=O)CSc1nc2ccsc2c(=O)n1Cc1ccc(F)cc1. The number of carbonyl (C=O) groups is 1. The Kier molecular flexibility index (Phi) is 6.34. The molecular weight excluding hydrogens is 437 g/mol. The zero-order chi connectivity index (χ0) is 21.8. The van der Waals surface area contributed by atoms with Gasteiger partial charge < -0.3 is 10.1 Å². The van der Waals surface area contributed by atoms with E-state index in [9.17, 15) is 14.0 Å². The molecule has 2 heterocycles. The van der Waals surface area contributed by atoms with Gasteiger partial charge in [0.25, 0.3) is 5.56 Å². The number of thiophene rings is 1. The maximum Gasteiger partial charge on any atom is 0.272 e. The summed E-state index contributed by atoms with van der Waals surface area (Å²) in [5.41, 5.74) is 1.75. The number of nitrogens with zero attached hydrogens (tertiary/aromatic N) is 2. The van der Waals surface area contributed by atoms with Gasteiger partial charge in [0.1, 0.15) is 16.3 Å². The van der Waals surface area contributed by atoms with Crippen molar-refractivity contribution in [2.75, 3.05) is 18.2 Å². The zero-order valence-electron chi connectivity index (χ0n) is 16.5. The van der Waals surface area contributed by atoms with E-state index < -0.39 is 0 Å². The smallest absolute Gasteiger partial charge is 0.272 e. The van der Waals surface area contributed by atoms with Gasteiger partial charge in [-0.3, -0.25) is 14.2 Å². The summed E-state index contributed by atoms with van der Waals surface area (Å²) >= 11 is 2.49. The molecule has 158 valence electrons. The topological polar surface area (TPSA) is 73.2 Å². The molecule has 1 N–H and O–H groups in total. The Morgan fingerprint density at radius 2 is 1.97 bits per heavy atom. The first-order chi connectivity index (χ1) is 15.0. The summed E-state index contributed by atoms with van der Waals surface area (Å²) < 4.78 is 20.6. The number of para-hydroxylation sites is 2. The number of thioether (sulfide) groups is 1. The van der Waals surface area contributed by atoms with Gasteiger partial charge in [-0.25, -0.2) is 9.37 Å². The van der Waals surface area contributed by atoms with E-state index in [4.69, 9.17) is 4.74 Å². The Hall–Kier alpha value is -3.17. The maximum absolute atomic E-state index is 13.3. The first kappa shape index (κ1) is 21.1. The molecule has 0 fully saturated rings. The molecule has 4 rings (SSSR count). The fourth-order valence-electron chi connectivity index (χ4n) is 3.01. The number of aromatic nitrogens is 2. The molecule has 2 aromatic carbocycles. The number of rotatable bonds is 7. The van der Waals surface area contributed by atoms with Gasteiger partial charge >= 0.3 is 0 Å². The van der Waals surface area contributed by atoms with E-state index in [-0.39, 0.29) is 29.6 Å². The molecule has 0 radical (unpaired) electrons. The van der Waals surface area contributed by atoms with Gasteiger partial charge in [0, 0.05) is 0 Å². The third kappa shape index (κ3) is 4.78. The highest BCUT2D eigenvalue weighted by molar-refractivity contribution is 7.99. The Bertz CT molecular complexity index is 1290. The van der Waals surface area contributed by atoms with Crippen LogP contribution in [0.5, 0.6) is 5.75 Å². The quantitative estimate of drug-likeness (QED) is 0.331. The summed E-state index contributed by atoms with van der Waals surface area (Å²) in [5, 5.41) is 5.05. The second kappa shape index (κ2) is 9.32. The fourth-order valence-corrected chi connectivity index (χ4v) is 4.59. The van der Waals surface area contributed by atoms with Crippen molar-refractivity contribution in [1.82, 2.24) is 9.55 Å². The number of benzene rings is 2. The van der Waals surface area contributed by atoms with Gasteiger partial charge in [0.05, 0.1) is 30.6 Å². The van der Waals surface area contributed by atoms with Crippen LogP contribution in [0, 0.1) is 5.82 Å². The van der Waals surface area contributed by atoms with Crippen LogP contribution in [0.2, 0.25) is 0 Å². The summed E-state index contributed by atoms with van der Waals surface area (Å²) in [6.07, 6.45) is 0. The zero-order valence-corrected chi connectivity index (χ0v) is 18.1. The molecule has 0 aliphatic heterocycles. The molecule has 0 aliphatic carbocycles. The summed E-state index contributed by atoms with van der Waals surface area (Å²) in [6.45, 7) is 0.233. The predicted molar refractivity (Wildman–Crippen MR) is 122 cm³/mol. The van der Waals surface area contributed by atoms with Crippen molar-refractivity contribution in [1.29, 1.82) is 0 Å². The Morgan fingerprint density at radius 1 is 1.19 bits per heavy atom. The summed E-state index contributed by atoms with van der Waals surface area (Å²) in [6, 6.07) is 14.9. The lowest BCUT2D eigenvalue weighted by molar-refractivity contribution is -0.113. The van der Waals surface area contributed by atoms with Crippen LogP contribution in [-0.2, 0) is 11.3 Å². The normalized spacial score (nSPS) is 10.9. The molecule has 6 nitrogen and oxygen atoms in total. The monoisotopic (exact) mass is 455 g/mol. The van der Waals surface area contributed by atoms with Gasteiger partial charge in [0.15, 0.2) is 5.16 Å². The molecule has 1 amide bonds. The molecule has 0 unspecified atom stereocenters. The minimum absolute atomic E-state index is 0.0591. The number of anilines is 1. The van der Waals surface area contributed by atoms with Crippen LogP contribution >= 0.6 is 23.1 Å². The first-order valence-corrected chi connectivity index (χ1v) is 11.2. The van der Waals surface area contributed by atoms with Crippen LogP contribution in [0.3, 0.4) is 0 Å². The highest BCUT2D eigenvalue weighted by atomic mass is 32.2. The molecule has 0 spiro atoms. The van der Waals surface area contributed by atoms with E-state index in [1.165, 1.54) is 46.9 Å². The fraction of sp³-hybridized carbons (Fsp3) is 0.136. The van der Waals surface area contributed by atoms with Crippen molar-refractivity contribution in [2.45, 2.75) is 11.7 Å². The Morgan fingerprint density at radius 3 is 2.74 bits per heavy atom. The van der Waals surface area contributed by atoms with E-state index in [0.717, 1.165) is 5.56 Å². The van der Waals surface area contributed by atoms with Crippen molar-refractivity contribution in [3.05, 3.63) is 81.7 Å². The van der Waals surface area contributed by atoms with Crippen LogP contribution in [0.15, 0.2) is 69.9 Å². The summed E-state index contributed by atoms with van der Waals surface area (Å²) in [7, 11) is 1.54. The molecule has 0 bridgehead atoms. The van der Waals surface area contributed by atoms with Crippen LogP contribution in [0.1, 0.15) is 5.56 Å². The molecule has 4 aromatic rings. The van der Waals surface area contributed by atoms with Crippen LogP contribution in [0.4, 0.5) is 10.1 Å². The third-order valence-electron chi connectivity index (χ3n) is 4.50. The minimum atomic E-state index is -0.342. The van der Waals surface area contributed by atoms with Gasteiger partial charge in [0.2, 0.25) is 5.91 Å². The first-order valence-electron chi connectivity index (χ1n) is 9.33. The van der Waals surface area contributed by atoms with Crippen LogP contribution in [0.25, 0.3) is 10.2 Å². The van der Waals surface area contributed by atoms with Crippen molar-refractivity contribution in [3.8, 4) is 5.75 Å². The van der Waals surface area contributed by atoms with E-state index >= 15 is 0 Å². The van der Waals surface area contributed by atoms with E-state index in [1.54, 1.807) is 36.4 Å². The minimum Gasteiger partial charge on any atom is -0.495 e. The summed E-state index contributed by atoms with van der Waals surface area (Å²) in [5.74, 6) is 0.0312. The van der Waals surface area contributed by atoms with E-state index in [1.807, 2.05) is 11.4 Å². The number of hydrogen-bond acceptors (Lipinski definition) is 6. The lowest BCUT2D eigenvalue weighted by Gasteiger charge is -2.13. The van der Waals surface area contributed by atoms with E-state index in [2.05, 4.69) is 10.3 Å². The number of fused-ring (bicyclic) bond motifs is 1. The average Bonchev–Trinajstić information content (AvgIpc) is 3.25. The van der Waals surface area contributed by atoms with Crippen molar-refractivity contribution in [2.24, 2.45) is 0 Å². The highest BCUT2D eigenvalue weighted by Gasteiger charge is 2.15. The number of carbonyl (C=O) groups excluding carboxylic acids is 1. The standard InChI is InChI=1S/C22H18FN3O3S2/c1-29-18-5-3-2-4-16(18)24-19(27)13-31-22-25-17-10-11-30-20(17)21(28)26(22)12-14-6-8-15(23)9-7-14/h2-11H,12-13H2,1H3,(H,24,27). The lowest BCUT2D eigenvalue weighted by atomic mass is 10.2.